The van der Waals surface area contributed by atoms with E-state index in [1.54, 1.807) is 13.8 Å². The van der Waals surface area contributed by atoms with Gasteiger partial charge in [0.1, 0.15) is 0 Å². The number of amides is 1. The van der Waals surface area contributed by atoms with Crippen LogP contribution in [-0.4, -0.2) is 50.9 Å². The highest BCUT2D eigenvalue weighted by atomic mass is 32.2. The molecule has 2 fully saturated rings. The van der Waals surface area contributed by atoms with Crippen molar-refractivity contribution >= 4 is 27.3 Å². The number of sulfonamides is 1. The van der Waals surface area contributed by atoms with Crippen LogP contribution < -0.4 is 14.9 Å². The molecule has 8 heteroatoms. The molecule has 7 nitrogen and oxygen atoms in total. The smallest absolute Gasteiger partial charge is 0.227 e. The maximum Gasteiger partial charge on any atom is 0.227 e. The second-order valence-corrected chi connectivity index (χ2v) is 11.2. The van der Waals surface area contributed by atoms with Crippen LogP contribution in [-0.2, 0) is 19.6 Å². The Labute approximate surface area is 180 Å². The van der Waals surface area contributed by atoms with Crippen LogP contribution in [0.1, 0.15) is 53.4 Å². The van der Waals surface area contributed by atoms with Crippen LogP contribution in [0.2, 0.25) is 0 Å². The highest BCUT2D eigenvalue weighted by Crippen LogP contribution is 2.28. The van der Waals surface area contributed by atoms with E-state index in [4.69, 9.17) is 4.74 Å². The van der Waals surface area contributed by atoms with Gasteiger partial charge in [-0.25, -0.2) is 13.1 Å². The Morgan fingerprint density at radius 1 is 1.10 bits per heavy atom. The maximum absolute atomic E-state index is 12.8. The number of nitrogens with one attached hydrogen (secondary N) is 2. The number of rotatable bonds is 6. The van der Waals surface area contributed by atoms with E-state index in [1.807, 2.05) is 18.2 Å². The summed E-state index contributed by atoms with van der Waals surface area (Å²) in [6.45, 7) is 9.16. The Hall–Kier alpha value is -1.64. The molecule has 0 radical (unpaired) electrons. The van der Waals surface area contributed by atoms with Crippen molar-refractivity contribution in [3.05, 3.63) is 24.3 Å². The molecule has 2 unspecified atom stereocenters. The molecular formula is C22H35N3O4S. The molecule has 2 aliphatic rings. The summed E-state index contributed by atoms with van der Waals surface area (Å²) in [6, 6.07) is 7.89. The third kappa shape index (κ3) is 5.95. The van der Waals surface area contributed by atoms with Crippen LogP contribution in [0.5, 0.6) is 0 Å². The number of ether oxygens (including phenoxy) is 1. The number of hydrogen-bond donors (Lipinski definition) is 2. The minimum absolute atomic E-state index is 0.0148. The van der Waals surface area contributed by atoms with Gasteiger partial charge in [0.25, 0.3) is 0 Å². The Morgan fingerprint density at radius 3 is 2.33 bits per heavy atom. The minimum Gasteiger partial charge on any atom is -0.372 e. The molecular weight excluding hydrogens is 402 g/mol. The first-order chi connectivity index (χ1) is 14.1. The number of carbonyl (C=O) groups excluding carboxylic acids is 1. The van der Waals surface area contributed by atoms with E-state index in [0.29, 0.717) is 25.7 Å². The van der Waals surface area contributed by atoms with Gasteiger partial charge in [-0.1, -0.05) is 6.07 Å². The van der Waals surface area contributed by atoms with Crippen LogP contribution in [0.4, 0.5) is 11.4 Å². The zero-order valence-corrected chi connectivity index (χ0v) is 19.2. The van der Waals surface area contributed by atoms with Gasteiger partial charge in [-0.3, -0.25) is 4.79 Å². The first-order valence-electron chi connectivity index (χ1n) is 11.0. The van der Waals surface area contributed by atoms with Crippen LogP contribution in [0.15, 0.2) is 24.3 Å². The van der Waals surface area contributed by atoms with E-state index in [-0.39, 0.29) is 30.1 Å². The summed E-state index contributed by atoms with van der Waals surface area (Å²) in [7, 11) is -3.27. The third-order valence-electron chi connectivity index (χ3n) is 5.95. The number of benzene rings is 1. The standard InChI is InChI=1S/C22H35N3O4S/c1-15(2)30(27,28)24-19-10-8-18(9-11-19)22(26)23-20-6-5-7-21(12-20)25-13-16(3)29-17(4)14-25/h5-7,12,15-19,24H,8-11,13-14H2,1-4H3,(H,23,26). The van der Waals surface area contributed by atoms with Crippen molar-refractivity contribution in [1.29, 1.82) is 0 Å². The molecule has 1 heterocycles. The molecule has 1 amide bonds. The minimum atomic E-state index is -3.27. The van der Waals surface area contributed by atoms with Crippen LogP contribution >= 0.6 is 0 Å². The summed E-state index contributed by atoms with van der Waals surface area (Å²) < 4.78 is 32.7. The van der Waals surface area contributed by atoms with Crippen LogP contribution in [0, 0.1) is 5.92 Å². The number of nitrogens with zero attached hydrogens (tertiary/aromatic N) is 1. The van der Waals surface area contributed by atoms with Gasteiger partial charge in [0.2, 0.25) is 15.9 Å². The van der Waals surface area contributed by atoms with Crippen molar-refractivity contribution in [3.63, 3.8) is 0 Å². The van der Waals surface area contributed by atoms with Crippen LogP contribution in [0.25, 0.3) is 0 Å². The topological polar surface area (TPSA) is 87.7 Å². The van der Waals surface area contributed by atoms with Gasteiger partial charge in [0.05, 0.1) is 17.5 Å². The number of carbonyl (C=O) groups is 1. The van der Waals surface area contributed by atoms with E-state index in [0.717, 1.165) is 24.5 Å². The lowest BCUT2D eigenvalue weighted by atomic mass is 9.86. The Kier molecular flexibility index (Phi) is 7.42. The summed E-state index contributed by atoms with van der Waals surface area (Å²) in [6.07, 6.45) is 3.11. The second-order valence-electron chi connectivity index (χ2n) is 8.96. The predicted octanol–water partition coefficient (Wildman–Crippen LogP) is 3.13. The summed E-state index contributed by atoms with van der Waals surface area (Å²) >= 11 is 0. The number of hydrogen-bond acceptors (Lipinski definition) is 5. The quantitative estimate of drug-likeness (QED) is 0.714. The van der Waals surface area contributed by atoms with E-state index >= 15 is 0 Å². The van der Waals surface area contributed by atoms with Crippen LogP contribution in [0.3, 0.4) is 0 Å². The second kappa shape index (κ2) is 9.66. The molecule has 0 spiro atoms. The fraction of sp³-hybridized carbons (Fsp3) is 0.682. The fourth-order valence-corrected chi connectivity index (χ4v) is 5.23. The Morgan fingerprint density at radius 2 is 1.73 bits per heavy atom. The molecule has 1 aromatic carbocycles. The van der Waals surface area contributed by atoms with Crippen molar-refractivity contribution in [2.24, 2.45) is 5.92 Å². The summed E-state index contributed by atoms with van der Waals surface area (Å²) in [5, 5.41) is 2.62. The summed E-state index contributed by atoms with van der Waals surface area (Å²) in [4.78, 5) is 15.1. The molecule has 3 rings (SSSR count). The van der Waals surface area contributed by atoms with Gasteiger partial charge >= 0.3 is 0 Å². The zero-order valence-electron chi connectivity index (χ0n) is 18.4. The van der Waals surface area contributed by atoms with E-state index in [1.165, 1.54) is 0 Å². The van der Waals surface area contributed by atoms with Gasteiger partial charge in [-0.05, 0) is 71.6 Å². The van der Waals surface area contributed by atoms with E-state index in [2.05, 4.69) is 34.9 Å². The van der Waals surface area contributed by atoms with Crippen molar-refractivity contribution in [3.8, 4) is 0 Å². The highest BCUT2D eigenvalue weighted by molar-refractivity contribution is 7.90. The fourth-order valence-electron chi connectivity index (χ4n) is 4.26. The lowest BCUT2D eigenvalue weighted by molar-refractivity contribution is -0.120. The number of anilines is 2. The molecule has 1 aliphatic carbocycles. The lowest BCUT2D eigenvalue weighted by Gasteiger charge is -2.37. The molecule has 30 heavy (non-hydrogen) atoms. The maximum atomic E-state index is 12.8. The molecule has 0 aromatic heterocycles. The Bertz CT molecular complexity index is 825. The lowest BCUT2D eigenvalue weighted by Crippen LogP contribution is -2.45. The van der Waals surface area contributed by atoms with Gasteiger partial charge in [0.15, 0.2) is 0 Å². The van der Waals surface area contributed by atoms with E-state index in [9.17, 15) is 13.2 Å². The first-order valence-corrected chi connectivity index (χ1v) is 12.5. The van der Waals surface area contributed by atoms with Gasteiger partial charge in [0, 0.05) is 36.4 Å². The summed E-state index contributed by atoms with van der Waals surface area (Å²) in [5.41, 5.74) is 1.88. The SMILES string of the molecule is CC1CN(c2cccc(NC(=O)C3CCC(NS(=O)(=O)C(C)C)CC3)c2)CC(C)O1. The monoisotopic (exact) mass is 437 g/mol. The molecule has 168 valence electrons. The Balaban J connectivity index is 1.54. The van der Waals surface area contributed by atoms with Crippen molar-refractivity contribution in [1.82, 2.24) is 4.72 Å². The zero-order chi connectivity index (χ0) is 21.9. The number of morpholine rings is 1. The molecule has 2 atom stereocenters. The normalized spacial score (nSPS) is 27.8. The van der Waals surface area contributed by atoms with E-state index < -0.39 is 15.3 Å². The first kappa shape index (κ1) is 23.0. The highest BCUT2D eigenvalue weighted by Gasteiger charge is 2.29. The largest absolute Gasteiger partial charge is 0.372 e. The van der Waals surface area contributed by atoms with Gasteiger partial charge in [-0.15, -0.1) is 0 Å². The van der Waals surface area contributed by atoms with Crippen molar-refractivity contribution in [2.75, 3.05) is 23.3 Å². The molecule has 1 saturated carbocycles. The molecule has 1 saturated heterocycles. The molecule has 0 bridgehead atoms. The predicted molar refractivity (Wildman–Crippen MR) is 120 cm³/mol. The molecule has 2 N–H and O–H groups in total. The van der Waals surface area contributed by atoms with Gasteiger partial charge < -0.3 is 15.0 Å². The van der Waals surface area contributed by atoms with Gasteiger partial charge in [-0.2, -0.15) is 0 Å². The average Bonchev–Trinajstić information content (AvgIpc) is 2.67. The van der Waals surface area contributed by atoms with Crippen molar-refractivity contribution < 1.29 is 17.9 Å². The summed E-state index contributed by atoms with van der Waals surface area (Å²) in [5.74, 6) is -0.0714. The molecule has 1 aromatic rings. The van der Waals surface area contributed by atoms with Crippen molar-refractivity contribution in [2.45, 2.75) is 76.9 Å². The average molecular weight is 438 g/mol. The molecule has 1 aliphatic heterocycles. The third-order valence-corrected chi connectivity index (χ3v) is 7.85.